The smallest absolute Gasteiger partial charge is 0.0602 e. The second-order valence-corrected chi connectivity index (χ2v) is 3.75. The first-order valence-electron chi connectivity index (χ1n) is 5.10. The summed E-state index contributed by atoms with van der Waals surface area (Å²) in [6.45, 7) is 8.16. The minimum Gasteiger partial charge on any atom is -0.299 e. The van der Waals surface area contributed by atoms with E-state index in [0.717, 1.165) is 26.2 Å². The molecule has 1 aliphatic rings. The van der Waals surface area contributed by atoms with Crippen LogP contribution >= 0.6 is 0 Å². The van der Waals surface area contributed by atoms with Gasteiger partial charge in [-0.3, -0.25) is 9.91 Å². The van der Waals surface area contributed by atoms with Crippen LogP contribution in [0.3, 0.4) is 0 Å². The van der Waals surface area contributed by atoms with Gasteiger partial charge in [0.2, 0.25) is 0 Å². The van der Waals surface area contributed by atoms with Crippen molar-refractivity contribution in [2.75, 3.05) is 26.2 Å². The van der Waals surface area contributed by atoms with Crippen LogP contribution in [0.1, 0.15) is 26.7 Å². The van der Waals surface area contributed by atoms with E-state index in [4.69, 9.17) is 0 Å². The largest absolute Gasteiger partial charge is 0.299 e. The Labute approximate surface area is 79.8 Å². The Morgan fingerprint density at radius 3 is 2.77 bits per heavy atom. The van der Waals surface area contributed by atoms with Gasteiger partial charge in [-0.1, -0.05) is 13.3 Å². The van der Waals surface area contributed by atoms with E-state index >= 15 is 0 Å². The lowest BCUT2D eigenvalue weighted by Gasteiger charge is -2.36. The Kier molecular flexibility index (Phi) is 4.15. The van der Waals surface area contributed by atoms with E-state index in [1.165, 1.54) is 12.8 Å². The van der Waals surface area contributed by atoms with E-state index in [1.807, 2.05) is 0 Å². The first kappa shape index (κ1) is 10.4. The first-order chi connectivity index (χ1) is 6.27. The summed E-state index contributed by atoms with van der Waals surface area (Å²) in [7, 11) is 0. The van der Waals surface area contributed by atoms with Crippen LogP contribution in [0.2, 0.25) is 0 Å². The molecule has 76 valence electrons. The van der Waals surface area contributed by atoms with E-state index in [-0.39, 0.29) is 6.04 Å². The number of nitroso groups, excluding NO2 is 1. The van der Waals surface area contributed by atoms with Gasteiger partial charge in [0.15, 0.2) is 0 Å². The summed E-state index contributed by atoms with van der Waals surface area (Å²) in [5.41, 5.74) is 0. The number of piperazine rings is 1. The molecule has 0 aromatic heterocycles. The summed E-state index contributed by atoms with van der Waals surface area (Å²) in [5, 5.41) is 4.64. The van der Waals surface area contributed by atoms with Crippen molar-refractivity contribution in [1.29, 1.82) is 0 Å². The lowest BCUT2D eigenvalue weighted by atomic mass is 10.2. The minimum atomic E-state index is 0.281. The predicted octanol–water partition coefficient (Wildman–Crippen LogP) is 1.47. The van der Waals surface area contributed by atoms with Gasteiger partial charge >= 0.3 is 0 Å². The molecule has 0 amide bonds. The van der Waals surface area contributed by atoms with E-state index in [9.17, 15) is 4.91 Å². The molecule has 0 spiro atoms. The third kappa shape index (κ3) is 2.95. The van der Waals surface area contributed by atoms with Gasteiger partial charge < -0.3 is 0 Å². The number of nitrogens with zero attached hydrogens (tertiary/aromatic N) is 3. The van der Waals surface area contributed by atoms with Gasteiger partial charge in [0.25, 0.3) is 0 Å². The molecule has 0 N–H and O–H groups in total. The zero-order chi connectivity index (χ0) is 9.68. The van der Waals surface area contributed by atoms with Crippen LogP contribution in [-0.2, 0) is 0 Å². The molecule has 1 rings (SSSR count). The summed E-state index contributed by atoms with van der Waals surface area (Å²) in [6, 6.07) is 0.281. The standard InChI is InChI=1S/C9H19N3O/c1-3-4-5-11-6-7-12(10-13)9(2)8-11/h9H,3-8H2,1-2H3/t9-/m1/s1. The van der Waals surface area contributed by atoms with Gasteiger partial charge in [0, 0.05) is 13.1 Å². The van der Waals surface area contributed by atoms with Crippen LogP contribution in [0.4, 0.5) is 0 Å². The quantitative estimate of drug-likeness (QED) is 0.622. The minimum absolute atomic E-state index is 0.281. The molecule has 1 heterocycles. The highest BCUT2D eigenvalue weighted by atomic mass is 16.3. The summed E-state index contributed by atoms with van der Waals surface area (Å²) < 4.78 is 0. The molecular weight excluding hydrogens is 166 g/mol. The maximum atomic E-state index is 10.3. The average molecular weight is 185 g/mol. The van der Waals surface area contributed by atoms with Crippen LogP contribution in [0.5, 0.6) is 0 Å². The van der Waals surface area contributed by atoms with E-state index in [2.05, 4.69) is 24.0 Å². The van der Waals surface area contributed by atoms with Crippen LogP contribution < -0.4 is 0 Å². The number of unbranched alkanes of at least 4 members (excludes halogenated alkanes) is 1. The molecule has 1 saturated heterocycles. The summed E-state index contributed by atoms with van der Waals surface area (Å²) >= 11 is 0. The maximum Gasteiger partial charge on any atom is 0.0602 e. The highest BCUT2D eigenvalue weighted by Crippen LogP contribution is 2.09. The SMILES string of the molecule is CCCCN1CCN(N=O)[C@H](C)C1. The molecule has 0 aromatic carbocycles. The van der Waals surface area contributed by atoms with Gasteiger partial charge in [-0.25, -0.2) is 0 Å². The molecule has 4 nitrogen and oxygen atoms in total. The molecule has 0 unspecified atom stereocenters. The van der Waals surface area contributed by atoms with Crippen LogP contribution in [0, 0.1) is 4.91 Å². The molecule has 4 heteroatoms. The maximum absolute atomic E-state index is 10.3. The molecule has 1 atom stereocenters. The van der Waals surface area contributed by atoms with Crippen molar-refractivity contribution in [3.8, 4) is 0 Å². The van der Waals surface area contributed by atoms with E-state index in [0.29, 0.717) is 0 Å². The normalized spacial score (nSPS) is 24.8. The molecule has 1 aliphatic heterocycles. The van der Waals surface area contributed by atoms with Crippen LogP contribution in [0.25, 0.3) is 0 Å². The second kappa shape index (κ2) is 5.17. The Balaban J connectivity index is 2.28. The zero-order valence-electron chi connectivity index (χ0n) is 8.57. The second-order valence-electron chi connectivity index (χ2n) is 3.75. The number of hydrogen-bond acceptors (Lipinski definition) is 3. The topological polar surface area (TPSA) is 35.9 Å². The Bertz CT molecular complexity index is 163. The number of hydrogen-bond donors (Lipinski definition) is 0. The van der Waals surface area contributed by atoms with Crippen LogP contribution in [-0.4, -0.2) is 42.1 Å². The van der Waals surface area contributed by atoms with Crippen molar-refractivity contribution >= 4 is 0 Å². The fourth-order valence-corrected chi connectivity index (χ4v) is 1.73. The third-order valence-electron chi connectivity index (χ3n) is 2.61. The zero-order valence-corrected chi connectivity index (χ0v) is 8.57. The van der Waals surface area contributed by atoms with Crippen molar-refractivity contribution in [1.82, 2.24) is 9.91 Å². The summed E-state index contributed by atoms with van der Waals surface area (Å²) in [6.07, 6.45) is 2.49. The Morgan fingerprint density at radius 1 is 1.46 bits per heavy atom. The lowest BCUT2D eigenvalue weighted by Crippen LogP contribution is -2.49. The van der Waals surface area contributed by atoms with Gasteiger partial charge in [-0.05, 0) is 19.9 Å². The predicted molar refractivity (Wildman–Crippen MR) is 53.3 cm³/mol. The van der Waals surface area contributed by atoms with Gasteiger partial charge in [-0.15, -0.1) is 4.91 Å². The summed E-state index contributed by atoms with van der Waals surface area (Å²) in [4.78, 5) is 12.8. The first-order valence-corrected chi connectivity index (χ1v) is 5.10. The van der Waals surface area contributed by atoms with E-state index in [1.54, 1.807) is 5.01 Å². The highest BCUT2D eigenvalue weighted by molar-refractivity contribution is 4.76. The van der Waals surface area contributed by atoms with Crippen LogP contribution in [0.15, 0.2) is 5.29 Å². The van der Waals surface area contributed by atoms with Crippen molar-refractivity contribution in [3.63, 3.8) is 0 Å². The summed E-state index contributed by atoms with van der Waals surface area (Å²) in [5.74, 6) is 0. The molecular formula is C9H19N3O. The fraction of sp³-hybridized carbons (Fsp3) is 1.00. The molecule has 0 bridgehead atoms. The molecule has 0 aliphatic carbocycles. The van der Waals surface area contributed by atoms with Gasteiger partial charge in [0.05, 0.1) is 17.9 Å². The molecule has 13 heavy (non-hydrogen) atoms. The van der Waals surface area contributed by atoms with Gasteiger partial charge in [0.1, 0.15) is 0 Å². The third-order valence-corrected chi connectivity index (χ3v) is 2.61. The van der Waals surface area contributed by atoms with Crippen molar-refractivity contribution < 1.29 is 0 Å². The molecule has 0 aromatic rings. The van der Waals surface area contributed by atoms with Crippen molar-refractivity contribution in [2.24, 2.45) is 5.29 Å². The van der Waals surface area contributed by atoms with E-state index < -0.39 is 0 Å². The lowest BCUT2D eigenvalue weighted by molar-refractivity contribution is 0.0839. The number of rotatable bonds is 4. The highest BCUT2D eigenvalue weighted by Gasteiger charge is 2.22. The molecule has 1 fully saturated rings. The average Bonchev–Trinajstić information content (AvgIpc) is 2.15. The Morgan fingerprint density at radius 2 is 2.23 bits per heavy atom. The molecule has 0 saturated carbocycles. The van der Waals surface area contributed by atoms with Gasteiger partial charge in [-0.2, -0.15) is 0 Å². The molecule has 0 radical (unpaired) electrons. The van der Waals surface area contributed by atoms with Crippen molar-refractivity contribution in [3.05, 3.63) is 4.91 Å². The van der Waals surface area contributed by atoms with Crippen molar-refractivity contribution in [2.45, 2.75) is 32.7 Å². The fourth-order valence-electron chi connectivity index (χ4n) is 1.73. The Hall–Kier alpha value is -0.640. The monoisotopic (exact) mass is 185 g/mol.